The molecule has 5 heteroatoms. The molecule has 1 aromatic carbocycles. The van der Waals surface area contributed by atoms with Crippen molar-refractivity contribution in [2.45, 2.75) is 43.9 Å². The Morgan fingerprint density at radius 2 is 1.88 bits per heavy atom. The minimum Gasteiger partial charge on any atom is -0.339 e. The number of carbonyl (C=O) groups is 2. The van der Waals surface area contributed by atoms with E-state index in [-0.39, 0.29) is 11.8 Å². The van der Waals surface area contributed by atoms with E-state index >= 15 is 0 Å². The first-order chi connectivity index (χ1) is 11.7. The number of amides is 2. The number of aryl methyl sites for hydroxylation is 1. The van der Waals surface area contributed by atoms with Crippen LogP contribution in [0.3, 0.4) is 0 Å². The fourth-order valence-electron chi connectivity index (χ4n) is 3.32. The molecule has 3 rings (SSSR count). The number of hydrogen-bond donors (Lipinski definition) is 0. The Balaban J connectivity index is 1.58. The number of thioether (sulfide) groups is 1. The first kappa shape index (κ1) is 17.3. The van der Waals surface area contributed by atoms with Crippen molar-refractivity contribution in [3.05, 3.63) is 29.3 Å². The molecule has 2 heterocycles. The fraction of sp³-hybridized carbons (Fsp3) is 0.579. The van der Waals surface area contributed by atoms with Crippen LogP contribution in [0.1, 0.15) is 48.5 Å². The van der Waals surface area contributed by atoms with Gasteiger partial charge in [0.1, 0.15) is 0 Å². The quantitative estimate of drug-likeness (QED) is 0.841. The molecule has 0 atom stereocenters. The summed E-state index contributed by atoms with van der Waals surface area (Å²) in [5.74, 6) is 1.51. The van der Waals surface area contributed by atoms with Gasteiger partial charge in [-0.2, -0.15) is 0 Å². The first-order valence-electron chi connectivity index (χ1n) is 9.02. The van der Waals surface area contributed by atoms with Crippen molar-refractivity contribution in [1.29, 1.82) is 0 Å². The maximum absolute atomic E-state index is 12.7. The topological polar surface area (TPSA) is 40.6 Å². The molecule has 1 saturated heterocycles. The SMILES string of the molecule is CCCCC(=O)N1CCN(C(=O)c2ccc3c(c2)CCCS3)CC1. The number of nitrogens with zero attached hydrogens (tertiary/aromatic N) is 2. The van der Waals surface area contributed by atoms with E-state index in [2.05, 4.69) is 19.1 Å². The predicted octanol–water partition coefficient (Wildman–Crippen LogP) is 3.20. The van der Waals surface area contributed by atoms with Crippen molar-refractivity contribution in [1.82, 2.24) is 9.80 Å². The molecule has 1 fully saturated rings. The Labute approximate surface area is 148 Å². The molecule has 0 radical (unpaired) electrons. The lowest BCUT2D eigenvalue weighted by Gasteiger charge is -2.35. The van der Waals surface area contributed by atoms with Crippen molar-refractivity contribution >= 4 is 23.6 Å². The lowest BCUT2D eigenvalue weighted by atomic mass is 10.0. The van der Waals surface area contributed by atoms with E-state index in [1.165, 1.54) is 22.6 Å². The Bertz CT molecular complexity index is 609. The summed E-state index contributed by atoms with van der Waals surface area (Å²) in [6.45, 7) is 4.70. The van der Waals surface area contributed by atoms with Crippen LogP contribution in [0.25, 0.3) is 0 Å². The van der Waals surface area contributed by atoms with E-state index < -0.39 is 0 Å². The first-order valence-corrected chi connectivity index (χ1v) is 10.0. The lowest BCUT2D eigenvalue weighted by Crippen LogP contribution is -2.50. The van der Waals surface area contributed by atoms with E-state index in [0.29, 0.717) is 32.6 Å². The highest BCUT2D eigenvalue weighted by molar-refractivity contribution is 7.99. The smallest absolute Gasteiger partial charge is 0.253 e. The van der Waals surface area contributed by atoms with Gasteiger partial charge in [-0.05, 0) is 48.8 Å². The lowest BCUT2D eigenvalue weighted by molar-refractivity contribution is -0.132. The summed E-state index contributed by atoms with van der Waals surface area (Å²) in [6, 6.07) is 6.12. The highest BCUT2D eigenvalue weighted by Gasteiger charge is 2.25. The number of benzene rings is 1. The Kier molecular flexibility index (Phi) is 5.82. The van der Waals surface area contributed by atoms with Crippen LogP contribution in [0.2, 0.25) is 0 Å². The molecule has 0 saturated carbocycles. The molecular formula is C19H26N2O2S. The van der Waals surface area contributed by atoms with Crippen molar-refractivity contribution in [2.24, 2.45) is 0 Å². The Morgan fingerprint density at radius 3 is 2.62 bits per heavy atom. The molecule has 1 aromatic rings. The number of rotatable bonds is 4. The highest BCUT2D eigenvalue weighted by Crippen LogP contribution is 2.30. The molecule has 0 bridgehead atoms. The molecule has 0 N–H and O–H groups in total. The molecule has 0 aromatic heterocycles. The van der Waals surface area contributed by atoms with Crippen molar-refractivity contribution in [2.75, 3.05) is 31.9 Å². The van der Waals surface area contributed by atoms with E-state index in [9.17, 15) is 9.59 Å². The molecule has 4 nitrogen and oxygen atoms in total. The summed E-state index contributed by atoms with van der Waals surface area (Å²) in [5, 5.41) is 0. The van der Waals surface area contributed by atoms with Crippen LogP contribution in [0.15, 0.2) is 23.1 Å². The zero-order valence-electron chi connectivity index (χ0n) is 14.4. The van der Waals surface area contributed by atoms with E-state index in [1.54, 1.807) is 0 Å². The monoisotopic (exact) mass is 346 g/mol. The van der Waals surface area contributed by atoms with Gasteiger partial charge in [0.25, 0.3) is 5.91 Å². The largest absolute Gasteiger partial charge is 0.339 e. The molecule has 0 aliphatic carbocycles. The number of piperazine rings is 1. The molecule has 2 amide bonds. The van der Waals surface area contributed by atoms with Gasteiger partial charge in [-0.15, -0.1) is 11.8 Å². The second-order valence-electron chi connectivity index (χ2n) is 6.55. The molecule has 0 spiro atoms. The maximum Gasteiger partial charge on any atom is 0.253 e. The zero-order valence-corrected chi connectivity index (χ0v) is 15.2. The van der Waals surface area contributed by atoms with Gasteiger partial charge in [0.2, 0.25) is 5.91 Å². The molecule has 2 aliphatic heterocycles. The summed E-state index contributed by atoms with van der Waals surface area (Å²) in [5.41, 5.74) is 2.10. The van der Waals surface area contributed by atoms with Crippen molar-refractivity contribution in [3.8, 4) is 0 Å². The Morgan fingerprint density at radius 1 is 1.12 bits per heavy atom. The molecule has 0 unspecified atom stereocenters. The average molecular weight is 346 g/mol. The van der Waals surface area contributed by atoms with Gasteiger partial charge < -0.3 is 9.80 Å². The van der Waals surface area contributed by atoms with E-state index in [0.717, 1.165) is 24.8 Å². The van der Waals surface area contributed by atoms with Crippen LogP contribution in [-0.2, 0) is 11.2 Å². The van der Waals surface area contributed by atoms with Crippen molar-refractivity contribution < 1.29 is 9.59 Å². The van der Waals surface area contributed by atoms with Gasteiger partial charge in [-0.3, -0.25) is 9.59 Å². The standard InChI is InChI=1S/C19H26N2O2S/c1-2-3-6-18(22)20-9-11-21(12-10-20)19(23)16-7-8-17-15(14-16)5-4-13-24-17/h7-8,14H,2-6,9-13H2,1H3. The molecular weight excluding hydrogens is 320 g/mol. The van der Waals surface area contributed by atoms with Gasteiger partial charge >= 0.3 is 0 Å². The third-order valence-corrected chi connectivity index (χ3v) is 6.02. The zero-order chi connectivity index (χ0) is 16.9. The van der Waals surface area contributed by atoms with E-state index in [4.69, 9.17) is 0 Å². The summed E-state index contributed by atoms with van der Waals surface area (Å²) >= 11 is 1.89. The van der Waals surface area contributed by atoms with Gasteiger partial charge in [0.15, 0.2) is 0 Å². The summed E-state index contributed by atoms with van der Waals surface area (Å²) in [7, 11) is 0. The highest BCUT2D eigenvalue weighted by atomic mass is 32.2. The van der Waals surface area contributed by atoms with Crippen LogP contribution in [0.4, 0.5) is 0 Å². The average Bonchev–Trinajstić information content (AvgIpc) is 2.65. The van der Waals surface area contributed by atoms with E-state index in [1.807, 2.05) is 27.6 Å². The van der Waals surface area contributed by atoms with Gasteiger partial charge in [-0.25, -0.2) is 0 Å². The predicted molar refractivity (Wildman–Crippen MR) is 97.5 cm³/mol. The number of fused-ring (bicyclic) bond motifs is 1. The van der Waals surface area contributed by atoms with Crippen molar-refractivity contribution in [3.63, 3.8) is 0 Å². The molecule has 24 heavy (non-hydrogen) atoms. The molecule has 2 aliphatic rings. The number of carbonyl (C=O) groups excluding carboxylic acids is 2. The molecule has 130 valence electrons. The fourth-order valence-corrected chi connectivity index (χ4v) is 4.34. The minimum atomic E-state index is 0.106. The second-order valence-corrected chi connectivity index (χ2v) is 7.69. The van der Waals surface area contributed by atoms with Crippen LogP contribution in [0.5, 0.6) is 0 Å². The third kappa shape index (κ3) is 3.94. The Hall–Kier alpha value is -1.49. The summed E-state index contributed by atoms with van der Waals surface area (Å²) in [4.78, 5) is 30.0. The summed E-state index contributed by atoms with van der Waals surface area (Å²) in [6.07, 6.45) is 4.88. The number of hydrogen-bond acceptors (Lipinski definition) is 3. The normalized spacial score (nSPS) is 17.5. The van der Waals surface area contributed by atoms with Crippen LogP contribution < -0.4 is 0 Å². The number of unbranched alkanes of at least 4 members (excludes halogenated alkanes) is 1. The van der Waals surface area contributed by atoms with Crippen LogP contribution in [0, 0.1) is 0 Å². The van der Waals surface area contributed by atoms with Gasteiger partial charge in [-0.1, -0.05) is 13.3 Å². The van der Waals surface area contributed by atoms with Crippen LogP contribution >= 0.6 is 11.8 Å². The maximum atomic E-state index is 12.7. The van der Waals surface area contributed by atoms with Gasteiger partial charge in [0.05, 0.1) is 0 Å². The summed E-state index contributed by atoms with van der Waals surface area (Å²) < 4.78 is 0. The minimum absolute atomic E-state index is 0.106. The van der Waals surface area contributed by atoms with Crippen LogP contribution in [-0.4, -0.2) is 53.5 Å². The third-order valence-electron chi connectivity index (χ3n) is 4.82. The second kappa shape index (κ2) is 8.06. The van der Waals surface area contributed by atoms with Gasteiger partial charge in [0, 0.05) is 43.1 Å².